The zero-order valence-corrected chi connectivity index (χ0v) is 18.7. The van der Waals surface area contributed by atoms with Crippen LogP contribution in [-0.2, 0) is 16.6 Å². The molecule has 2 amide bonds. The average Bonchev–Trinajstić information content (AvgIpc) is 3.38. The SMILES string of the molecule is O=C(Nc1ccc(C(=O)Nc2cccc(S(=O)(=O)NCc3ccco3)c2)cc1)c1ccccc1. The Labute approximate surface area is 196 Å². The van der Waals surface area contributed by atoms with Crippen LogP contribution in [0.2, 0.25) is 0 Å². The second-order valence-corrected chi connectivity index (χ2v) is 9.05. The van der Waals surface area contributed by atoms with Gasteiger partial charge in [-0.15, -0.1) is 0 Å². The summed E-state index contributed by atoms with van der Waals surface area (Å²) in [6, 6.07) is 24.4. The van der Waals surface area contributed by atoms with Gasteiger partial charge in [0.05, 0.1) is 17.7 Å². The van der Waals surface area contributed by atoms with E-state index in [1.54, 1.807) is 72.8 Å². The van der Waals surface area contributed by atoms with Gasteiger partial charge in [0.25, 0.3) is 11.8 Å². The van der Waals surface area contributed by atoms with E-state index in [2.05, 4.69) is 15.4 Å². The van der Waals surface area contributed by atoms with Crippen molar-refractivity contribution in [3.8, 4) is 0 Å². The highest BCUT2D eigenvalue weighted by atomic mass is 32.2. The van der Waals surface area contributed by atoms with Gasteiger partial charge < -0.3 is 15.1 Å². The van der Waals surface area contributed by atoms with Crippen LogP contribution < -0.4 is 15.4 Å². The lowest BCUT2D eigenvalue weighted by atomic mass is 10.1. The quantitative estimate of drug-likeness (QED) is 0.352. The Morgan fingerprint density at radius 3 is 2.06 bits per heavy atom. The summed E-state index contributed by atoms with van der Waals surface area (Å²) in [6.07, 6.45) is 1.46. The molecule has 0 aliphatic carbocycles. The van der Waals surface area contributed by atoms with Gasteiger partial charge in [0.2, 0.25) is 10.0 Å². The van der Waals surface area contributed by atoms with Crippen LogP contribution in [0.1, 0.15) is 26.5 Å². The summed E-state index contributed by atoms with van der Waals surface area (Å²) < 4.78 is 32.7. The van der Waals surface area contributed by atoms with Crippen molar-refractivity contribution in [2.24, 2.45) is 0 Å². The number of carbonyl (C=O) groups is 2. The molecule has 1 aromatic heterocycles. The smallest absolute Gasteiger partial charge is 0.255 e. The molecule has 3 aromatic carbocycles. The summed E-state index contributed by atoms with van der Waals surface area (Å²) in [5.74, 6) is -0.188. The van der Waals surface area contributed by atoms with Crippen molar-refractivity contribution in [3.63, 3.8) is 0 Å². The molecule has 0 atom stereocenters. The minimum Gasteiger partial charge on any atom is -0.468 e. The van der Waals surface area contributed by atoms with Crippen molar-refractivity contribution in [2.75, 3.05) is 10.6 Å². The molecule has 0 fully saturated rings. The second-order valence-electron chi connectivity index (χ2n) is 7.28. The van der Waals surface area contributed by atoms with Crippen molar-refractivity contribution >= 4 is 33.2 Å². The number of furan rings is 1. The molecule has 4 rings (SSSR count). The van der Waals surface area contributed by atoms with E-state index in [4.69, 9.17) is 4.42 Å². The van der Waals surface area contributed by atoms with Crippen molar-refractivity contribution in [2.45, 2.75) is 11.4 Å². The third kappa shape index (κ3) is 5.77. The molecule has 3 N–H and O–H groups in total. The van der Waals surface area contributed by atoms with Crippen LogP contribution in [0, 0.1) is 0 Å². The molecule has 34 heavy (non-hydrogen) atoms. The number of carbonyl (C=O) groups excluding carboxylic acids is 2. The fourth-order valence-electron chi connectivity index (χ4n) is 3.10. The first-order chi connectivity index (χ1) is 16.4. The molecule has 1 heterocycles. The van der Waals surface area contributed by atoms with E-state index in [9.17, 15) is 18.0 Å². The minimum absolute atomic E-state index is 0.0100. The first kappa shape index (κ1) is 23.0. The summed E-state index contributed by atoms with van der Waals surface area (Å²) in [6.45, 7) is 0.0130. The predicted molar refractivity (Wildman–Crippen MR) is 128 cm³/mol. The molecule has 0 aliphatic heterocycles. The summed E-state index contributed by atoms with van der Waals surface area (Å²) in [5.41, 5.74) is 1.74. The molecular formula is C25H21N3O5S. The largest absolute Gasteiger partial charge is 0.468 e. The fraction of sp³-hybridized carbons (Fsp3) is 0.0400. The highest BCUT2D eigenvalue weighted by Gasteiger charge is 2.16. The van der Waals surface area contributed by atoms with Gasteiger partial charge in [0.1, 0.15) is 5.76 Å². The predicted octanol–water partition coefficient (Wildman–Crippen LogP) is 4.26. The summed E-state index contributed by atoms with van der Waals surface area (Å²) in [4.78, 5) is 24.9. The van der Waals surface area contributed by atoms with Crippen molar-refractivity contribution in [3.05, 3.63) is 114 Å². The lowest BCUT2D eigenvalue weighted by Crippen LogP contribution is -2.23. The van der Waals surface area contributed by atoms with Gasteiger partial charge in [-0.05, 0) is 66.7 Å². The second kappa shape index (κ2) is 10.2. The van der Waals surface area contributed by atoms with Gasteiger partial charge in [0.15, 0.2) is 0 Å². The maximum absolute atomic E-state index is 12.6. The topological polar surface area (TPSA) is 118 Å². The number of amides is 2. The summed E-state index contributed by atoms with van der Waals surface area (Å²) in [5, 5.41) is 5.46. The molecule has 0 saturated heterocycles. The van der Waals surface area contributed by atoms with E-state index in [1.807, 2.05) is 6.07 Å². The molecule has 0 radical (unpaired) electrons. The van der Waals surface area contributed by atoms with Crippen LogP contribution in [0.25, 0.3) is 0 Å². The van der Waals surface area contributed by atoms with Gasteiger partial charge in [-0.1, -0.05) is 24.3 Å². The van der Waals surface area contributed by atoms with Crippen LogP contribution >= 0.6 is 0 Å². The first-order valence-corrected chi connectivity index (χ1v) is 11.8. The Kier molecular flexibility index (Phi) is 6.86. The highest BCUT2D eigenvalue weighted by molar-refractivity contribution is 7.89. The van der Waals surface area contributed by atoms with Crippen LogP contribution in [0.4, 0.5) is 11.4 Å². The van der Waals surface area contributed by atoms with E-state index in [0.717, 1.165) is 0 Å². The molecule has 0 aliphatic rings. The highest BCUT2D eigenvalue weighted by Crippen LogP contribution is 2.18. The number of sulfonamides is 1. The molecular weight excluding hydrogens is 454 g/mol. The van der Waals surface area contributed by atoms with Gasteiger partial charge >= 0.3 is 0 Å². The zero-order chi connectivity index (χ0) is 24.0. The van der Waals surface area contributed by atoms with Crippen LogP contribution in [0.15, 0.2) is 107 Å². The van der Waals surface area contributed by atoms with E-state index < -0.39 is 15.9 Å². The number of hydrogen-bond donors (Lipinski definition) is 3. The lowest BCUT2D eigenvalue weighted by Gasteiger charge is -2.10. The minimum atomic E-state index is -3.80. The fourth-order valence-corrected chi connectivity index (χ4v) is 4.14. The Hall–Kier alpha value is -4.21. The number of anilines is 2. The summed E-state index contributed by atoms with van der Waals surface area (Å²) in [7, 11) is -3.80. The van der Waals surface area contributed by atoms with Crippen molar-refractivity contribution in [1.82, 2.24) is 4.72 Å². The van der Waals surface area contributed by atoms with Crippen molar-refractivity contribution < 1.29 is 22.4 Å². The maximum Gasteiger partial charge on any atom is 0.255 e. The number of rotatable bonds is 8. The van der Waals surface area contributed by atoms with Crippen LogP contribution in [0.3, 0.4) is 0 Å². The molecule has 0 spiro atoms. The van der Waals surface area contributed by atoms with Crippen LogP contribution in [0.5, 0.6) is 0 Å². The number of nitrogens with one attached hydrogen (secondary N) is 3. The standard InChI is InChI=1S/C25H21N3O5S/c29-24(18-6-2-1-3-7-18)27-20-13-11-19(12-14-20)25(30)28-21-8-4-10-23(16-21)34(31,32)26-17-22-9-5-15-33-22/h1-16,26H,17H2,(H,27,29)(H,28,30). The molecule has 0 saturated carbocycles. The van der Waals surface area contributed by atoms with Gasteiger partial charge in [-0.2, -0.15) is 0 Å². The summed E-state index contributed by atoms with van der Waals surface area (Å²) >= 11 is 0. The van der Waals surface area contributed by atoms with Gasteiger partial charge in [-0.25, -0.2) is 13.1 Å². The van der Waals surface area contributed by atoms with Crippen LogP contribution in [-0.4, -0.2) is 20.2 Å². The van der Waals surface area contributed by atoms with Crippen molar-refractivity contribution in [1.29, 1.82) is 0 Å². The third-order valence-corrected chi connectivity index (χ3v) is 6.26. The molecule has 0 bridgehead atoms. The normalized spacial score (nSPS) is 11.1. The van der Waals surface area contributed by atoms with E-state index >= 15 is 0 Å². The molecule has 8 nitrogen and oxygen atoms in total. The molecule has 172 valence electrons. The molecule has 9 heteroatoms. The monoisotopic (exact) mass is 475 g/mol. The van der Waals surface area contributed by atoms with E-state index in [0.29, 0.717) is 28.3 Å². The van der Waals surface area contributed by atoms with Gasteiger partial charge in [0, 0.05) is 22.5 Å². The Morgan fingerprint density at radius 1 is 0.706 bits per heavy atom. The van der Waals surface area contributed by atoms with E-state index in [1.165, 1.54) is 18.4 Å². The Morgan fingerprint density at radius 2 is 1.38 bits per heavy atom. The third-order valence-electron chi connectivity index (χ3n) is 4.86. The molecule has 0 unspecified atom stereocenters. The zero-order valence-electron chi connectivity index (χ0n) is 17.9. The Balaban J connectivity index is 1.39. The van der Waals surface area contributed by atoms with E-state index in [-0.39, 0.29) is 17.3 Å². The number of benzene rings is 3. The average molecular weight is 476 g/mol. The lowest BCUT2D eigenvalue weighted by molar-refractivity contribution is 0.102. The Bertz CT molecular complexity index is 1380. The number of hydrogen-bond acceptors (Lipinski definition) is 5. The first-order valence-electron chi connectivity index (χ1n) is 10.3. The maximum atomic E-state index is 12.6. The molecule has 4 aromatic rings. The van der Waals surface area contributed by atoms with Gasteiger partial charge in [-0.3, -0.25) is 9.59 Å².